The van der Waals surface area contributed by atoms with E-state index in [1.54, 1.807) is 42.5 Å². The van der Waals surface area contributed by atoms with Crippen LogP contribution in [0.25, 0.3) is 6.08 Å². The van der Waals surface area contributed by atoms with Crippen LogP contribution in [-0.4, -0.2) is 29.4 Å². The van der Waals surface area contributed by atoms with Crippen molar-refractivity contribution in [3.05, 3.63) is 93.5 Å². The second-order valence-corrected chi connectivity index (χ2v) is 9.36. The lowest BCUT2D eigenvalue weighted by atomic mass is 10.1. The third kappa shape index (κ3) is 5.69. The Hall–Kier alpha value is -3.82. The van der Waals surface area contributed by atoms with Crippen molar-refractivity contribution in [2.24, 2.45) is 0 Å². The van der Waals surface area contributed by atoms with E-state index in [1.807, 2.05) is 38.1 Å². The molecule has 0 saturated carbocycles. The molecule has 1 fully saturated rings. The van der Waals surface area contributed by atoms with Gasteiger partial charge in [-0.1, -0.05) is 30.3 Å². The van der Waals surface area contributed by atoms with E-state index in [4.69, 9.17) is 17.0 Å². The summed E-state index contributed by atoms with van der Waals surface area (Å²) in [6.07, 6.45) is 1.48. The Balaban J connectivity index is 1.46. The van der Waals surface area contributed by atoms with E-state index in [-0.39, 0.29) is 23.2 Å². The van der Waals surface area contributed by atoms with Gasteiger partial charge in [-0.25, -0.2) is 0 Å². The van der Waals surface area contributed by atoms with Gasteiger partial charge in [0.1, 0.15) is 11.3 Å². The van der Waals surface area contributed by atoms with Crippen LogP contribution in [0.4, 0.5) is 11.4 Å². The zero-order valence-electron chi connectivity index (χ0n) is 19.5. The first-order valence-corrected chi connectivity index (χ1v) is 12.2. The second kappa shape index (κ2) is 10.8. The largest absolute Gasteiger partial charge is 0.483 e. The Labute approximate surface area is 222 Å². The Morgan fingerprint density at radius 3 is 2.50 bits per heavy atom. The molecular weight excluding hydrogens is 542 g/mol. The molecule has 0 aromatic heterocycles. The molecule has 0 spiro atoms. The highest BCUT2D eigenvalue weighted by Gasteiger charge is 2.34. The molecule has 7 nitrogen and oxygen atoms in total. The second-order valence-electron chi connectivity index (χ2n) is 8.12. The molecule has 0 radical (unpaired) electrons. The molecule has 3 amide bonds. The molecule has 182 valence electrons. The minimum absolute atomic E-state index is 0.0253. The molecule has 0 atom stereocenters. The maximum absolute atomic E-state index is 13.1. The monoisotopic (exact) mass is 563 g/mol. The third-order valence-electron chi connectivity index (χ3n) is 5.53. The van der Waals surface area contributed by atoms with Gasteiger partial charge in [-0.2, -0.15) is 0 Å². The zero-order valence-corrected chi connectivity index (χ0v) is 21.9. The fourth-order valence-corrected chi connectivity index (χ4v) is 4.31. The van der Waals surface area contributed by atoms with Crippen molar-refractivity contribution >= 4 is 68.4 Å². The van der Waals surface area contributed by atoms with Crippen molar-refractivity contribution in [3.63, 3.8) is 0 Å². The van der Waals surface area contributed by atoms with Crippen molar-refractivity contribution < 1.29 is 19.1 Å². The number of nitrogens with one attached hydrogen (secondary N) is 2. The number of carbonyl (C=O) groups is 3. The predicted octanol–water partition coefficient (Wildman–Crippen LogP) is 4.91. The molecule has 1 aliphatic rings. The van der Waals surface area contributed by atoms with Crippen LogP contribution >= 0.6 is 28.1 Å². The summed E-state index contributed by atoms with van der Waals surface area (Å²) in [4.78, 5) is 39.2. The molecule has 0 aliphatic carbocycles. The van der Waals surface area contributed by atoms with Crippen LogP contribution in [-0.2, 0) is 14.4 Å². The van der Waals surface area contributed by atoms with Crippen LogP contribution < -0.4 is 20.3 Å². The summed E-state index contributed by atoms with van der Waals surface area (Å²) in [6.45, 7) is 3.80. The summed E-state index contributed by atoms with van der Waals surface area (Å²) in [5.74, 6) is -0.942. The lowest BCUT2D eigenvalue weighted by Crippen LogP contribution is -2.54. The number of anilines is 2. The number of ether oxygens (including phenoxy) is 1. The summed E-state index contributed by atoms with van der Waals surface area (Å²) in [7, 11) is 0. The van der Waals surface area contributed by atoms with E-state index >= 15 is 0 Å². The molecular formula is C27H22BrN3O4S. The number of rotatable bonds is 6. The van der Waals surface area contributed by atoms with Crippen LogP contribution in [0.3, 0.4) is 0 Å². The van der Waals surface area contributed by atoms with Gasteiger partial charge in [0, 0.05) is 5.69 Å². The lowest BCUT2D eigenvalue weighted by molar-refractivity contribution is -0.122. The van der Waals surface area contributed by atoms with Crippen molar-refractivity contribution in [1.29, 1.82) is 0 Å². The number of thiocarbonyl (C=S) groups is 1. The normalized spacial score (nSPS) is 14.6. The van der Waals surface area contributed by atoms with Crippen molar-refractivity contribution in [3.8, 4) is 5.75 Å². The summed E-state index contributed by atoms with van der Waals surface area (Å²) >= 11 is 8.64. The van der Waals surface area contributed by atoms with Crippen LogP contribution in [0.2, 0.25) is 0 Å². The fraction of sp³-hybridized carbons (Fsp3) is 0.111. The van der Waals surface area contributed by atoms with Gasteiger partial charge in [0.05, 0.1) is 10.2 Å². The fourth-order valence-electron chi connectivity index (χ4n) is 3.52. The summed E-state index contributed by atoms with van der Waals surface area (Å²) in [5.41, 5.74) is 4.02. The van der Waals surface area contributed by atoms with Crippen LogP contribution in [0.5, 0.6) is 5.75 Å². The molecule has 1 saturated heterocycles. The molecule has 36 heavy (non-hydrogen) atoms. The third-order valence-corrected chi connectivity index (χ3v) is 6.44. The number of nitrogens with zero attached hydrogens (tertiary/aromatic N) is 1. The number of benzene rings is 3. The van der Waals surface area contributed by atoms with Crippen molar-refractivity contribution in [1.82, 2.24) is 5.32 Å². The molecule has 0 bridgehead atoms. The molecule has 3 aromatic carbocycles. The summed E-state index contributed by atoms with van der Waals surface area (Å²) in [5, 5.41) is 5.40. The zero-order chi connectivity index (χ0) is 25.8. The van der Waals surface area contributed by atoms with Gasteiger partial charge < -0.3 is 10.1 Å². The van der Waals surface area contributed by atoms with Gasteiger partial charge in [0.2, 0.25) is 0 Å². The van der Waals surface area contributed by atoms with Gasteiger partial charge in [-0.05, 0) is 101 Å². The highest BCUT2D eigenvalue weighted by atomic mass is 79.9. The van der Waals surface area contributed by atoms with E-state index in [0.29, 0.717) is 27.2 Å². The predicted molar refractivity (Wildman–Crippen MR) is 147 cm³/mol. The SMILES string of the molecule is Cc1ccc(NC(=O)COc2ccc(/C=C3/C(=O)NC(=S)N(c4ccccc4)C3=O)cc2Br)cc1C. The van der Waals surface area contributed by atoms with E-state index in [9.17, 15) is 14.4 Å². The van der Waals surface area contributed by atoms with Crippen molar-refractivity contribution in [2.45, 2.75) is 13.8 Å². The number of hydrogen-bond donors (Lipinski definition) is 2. The number of para-hydroxylation sites is 1. The lowest BCUT2D eigenvalue weighted by Gasteiger charge is -2.28. The van der Waals surface area contributed by atoms with E-state index in [2.05, 4.69) is 26.6 Å². The topological polar surface area (TPSA) is 87.7 Å². The summed E-state index contributed by atoms with van der Waals surface area (Å²) in [6, 6.07) is 19.6. The Bertz CT molecular complexity index is 1410. The van der Waals surface area contributed by atoms with Crippen LogP contribution in [0, 0.1) is 13.8 Å². The van der Waals surface area contributed by atoms with E-state index in [0.717, 1.165) is 11.1 Å². The maximum atomic E-state index is 13.1. The molecule has 2 N–H and O–H groups in total. The first kappa shape index (κ1) is 25.3. The van der Waals surface area contributed by atoms with Gasteiger partial charge in [-0.15, -0.1) is 0 Å². The smallest absolute Gasteiger partial charge is 0.270 e. The molecule has 3 aromatic rings. The average molecular weight is 564 g/mol. The molecule has 1 heterocycles. The Morgan fingerprint density at radius 2 is 1.81 bits per heavy atom. The minimum atomic E-state index is -0.573. The maximum Gasteiger partial charge on any atom is 0.270 e. The van der Waals surface area contributed by atoms with Gasteiger partial charge >= 0.3 is 0 Å². The quantitative estimate of drug-likeness (QED) is 0.252. The van der Waals surface area contributed by atoms with E-state index < -0.39 is 11.8 Å². The first-order chi connectivity index (χ1) is 17.2. The van der Waals surface area contributed by atoms with Gasteiger partial charge in [-0.3, -0.25) is 24.6 Å². The van der Waals surface area contributed by atoms with Crippen LogP contribution in [0.1, 0.15) is 16.7 Å². The highest BCUT2D eigenvalue weighted by Crippen LogP contribution is 2.28. The number of aryl methyl sites for hydroxylation is 2. The number of halogens is 1. The van der Waals surface area contributed by atoms with Crippen LogP contribution in [0.15, 0.2) is 76.8 Å². The molecule has 0 unspecified atom stereocenters. The first-order valence-electron chi connectivity index (χ1n) is 11.0. The number of hydrogen-bond acceptors (Lipinski definition) is 5. The average Bonchev–Trinajstić information content (AvgIpc) is 2.84. The highest BCUT2D eigenvalue weighted by molar-refractivity contribution is 9.10. The number of amides is 3. The molecule has 4 rings (SSSR count). The van der Waals surface area contributed by atoms with Gasteiger partial charge in [0.15, 0.2) is 11.7 Å². The molecule has 9 heteroatoms. The minimum Gasteiger partial charge on any atom is -0.483 e. The van der Waals surface area contributed by atoms with E-state index in [1.165, 1.54) is 11.0 Å². The number of carbonyl (C=O) groups excluding carboxylic acids is 3. The summed E-state index contributed by atoms with van der Waals surface area (Å²) < 4.78 is 6.21. The van der Waals surface area contributed by atoms with Gasteiger partial charge in [0.25, 0.3) is 17.7 Å². The molecule has 1 aliphatic heterocycles. The van der Waals surface area contributed by atoms with Crippen molar-refractivity contribution in [2.75, 3.05) is 16.8 Å². The Kier molecular flexibility index (Phi) is 7.61. The Morgan fingerprint density at radius 1 is 1.06 bits per heavy atom. The standard InChI is InChI=1S/C27H22BrN3O4S/c1-16-8-10-19(12-17(16)2)29-24(32)15-35-23-11-9-18(14-22(23)28)13-21-25(33)30-27(36)31(26(21)34)20-6-4-3-5-7-20/h3-14H,15H2,1-2H3,(H,29,32)(H,30,33,36)/b21-13-.